The quantitative estimate of drug-likeness (QED) is 0.541. The smallest absolute Gasteiger partial charge is 0.216 e. The second-order valence-electron chi connectivity index (χ2n) is 7.41. The van der Waals surface area contributed by atoms with E-state index in [1.165, 1.54) is 0 Å². The number of nitrogens with one attached hydrogen (secondary N) is 2. The number of aromatic amines is 1. The summed E-state index contributed by atoms with van der Waals surface area (Å²) in [6.07, 6.45) is 6.50. The number of hydrogen-bond acceptors (Lipinski definition) is 6. The van der Waals surface area contributed by atoms with Crippen molar-refractivity contribution in [2.24, 2.45) is 4.99 Å². The van der Waals surface area contributed by atoms with E-state index < -0.39 is 0 Å². The molecule has 4 heterocycles. The Labute approximate surface area is 170 Å². The molecule has 0 amide bonds. The summed E-state index contributed by atoms with van der Waals surface area (Å²) in [5.74, 6) is 2.81. The number of ether oxygens (including phenoxy) is 2. The zero-order valence-corrected chi connectivity index (χ0v) is 17.0. The molecular formula is C20H30N6O3. The Morgan fingerprint density at radius 1 is 1.38 bits per heavy atom. The number of aromatic nitrogens is 3. The molecule has 158 valence electrons. The maximum absolute atomic E-state index is 6.08. The van der Waals surface area contributed by atoms with Gasteiger partial charge in [-0.05, 0) is 44.7 Å². The van der Waals surface area contributed by atoms with Crippen molar-refractivity contribution >= 4 is 5.96 Å². The number of rotatable bonds is 7. The van der Waals surface area contributed by atoms with Gasteiger partial charge >= 0.3 is 0 Å². The van der Waals surface area contributed by atoms with Crippen LogP contribution in [-0.2, 0) is 16.0 Å². The van der Waals surface area contributed by atoms with Crippen molar-refractivity contribution in [3.8, 4) is 11.6 Å². The van der Waals surface area contributed by atoms with Gasteiger partial charge in [-0.25, -0.2) is 9.98 Å². The molecule has 29 heavy (non-hydrogen) atoms. The molecule has 9 nitrogen and oxygen atoms in total. The van der Waals surface area contributed by atoms with Gasteiger partial charge in [0.05, 0.1) is 25.1 Å². The molecule has 0 radical (unpaired) electrons. The summed E-state index contributed by atoms with van der Waals surface area (Å²) in [7, 11) is 0. The van der Waals surface area contributed by atoms with Gasteiger partial charge in [-0.2, -0.15) is 0 Å². The number of nitrogens with zero attached hydrogens (tertiary/aromatic N) is 4. The van der Waals surface area contributed by atoms with E-state index in [1.54, 1.807) is 6.26 Å². The summed E-state index contributed by atoms with van der Waals surface area (Å²) in [5, 5.41) is 10.5. The van der Waals surface area contributed by atoms with Crippen LogP contribution in [0.25, 0.3) is 11.6 Å². The molecule has 2 aromatic rings. The molecule has 9 heteroatoms. The SMILES string of the molecule is CCNC(=NCc1nc(-c2ccco2)n[nH]1)N1CCC(OCC2CCCO2)CC1. The first-order chi connectivity index (χ1) is 14.3. The number of H-pyrrole nitrogens is 1. The number of piperidine rings is 1. The number of likely N-dealkylation sites (tertiary alicyclic amines) is 1. The Balaban J connectivity index is 1.28. The molecule has 2 saturated heterocycles. The maximum Gasteiger partial charge on any atom is 0.216 e. The zero-order valence-electron chi connectivity index (χ0n) is 17.0. The van der Waals surface area contributed by atoms with Crippen LogP contribution >= 0.6 is 0 Å². The summed E-state index contributed by atoms with van der Waals surface area (Å²) in [4.78, 5) is 11.5. The molecule has 2 aliphatic rings. The lowest BCUT2D eigenvalue weighted by Gasteiger charge is -2.34. The molecule has 1 atom stereocenters. The van der Waals surface area contributed by atoms with Crippen molar-refractivity contribution in [1.29, 1.82) is 0 Å². The number of aliphatic imine (C=N–C) groups is 1. The van der Waals surface area contributed by atoms with Crippen molar-refractivity contribution in [3.63, 3.8) is 0 Å². The van der Waals surface area contributed by atoms with Crippen LogP contribution in [-0.4, -0.2) is 71.1 Å². The lowest BCUT2D eigenvalue weighted by atomic mass is 10.1. The highest BCUT2D eigenvalue weighted by molar-refractivity contribution is 5.80. The first kappa shape index (κ1) is 19.9. The van der Waals surface area contributed by atoms with Crippen LogP contribution in [0.2, 0.25) is 0 Å². The highest BCUT2D eigenvalue weighted by Gasteiger charge is 2.24. The summed E-state index contributed by atoms with van der Waals surface area (Å²) in [6.45, 7) is 6.79. The number of guanidine groups is 1. The molecule has 0 aliphatic carbocycles. The van der Waals surface area contributed by atoms with Gasteiger partial charge in [-0.1, -0.05) is 0 Å². The Bertz CT molecular complexity index is 761. The fraction of sp³-hybridized carbons (Fsp3) is 0.650. The molecule has 0 bridgehead atoms. The van der Waals surface area contributed by atoms with E-state index in [2.05, 4.69) is 32.3 Å². The Hall–Kier alpha value is -2.39. The molecule has 2 fully saturated rings. The lowest BCUT2D eigenvalue weighted by molar-refractivity contribution is -0.0367. The van der Waals surface area contributed by atoms with Gasteiger partial charge in [-0.15, -0.1) is 5.10 Å². The van der Waals surface area contributed by atoms with E-state index in [0.29, 0.717) is 36.2 Å². The van der Waals surface area contributed by atoms with E-state index in [0.717, 1.165) is 64.5 Å². The van der Waals surface area contributed by atoms with Crippen LogP contribution in [0, 0.1) is 0 Å². The minimum Gasteiger partial charge on any atom is -0.461 e. The van der Waals surface area contributed by atoms with E-state index in [4.69, 9.17) is 18.9 Å². The fourth-order valence-corrected chi connectivity index (χ4v) is 3.71. The topological polar surface area (TPSA) is 101 Å². The van der Waals surface area contributed by atoms with Crippen LogP contribution in [0.5, 0.6) is 0 Å². The molecule has 0 spiro atoms. The van der Waals surface area contributed by atoms with Crippen LogP contribution in [0.15, 0.2) is 27.8 Å². The molecule has 2 N–H and O–H groups in total. The van der Waals surface area contributed by atoms with Gasteiger partial charge in [-0.3, -0.25) is 5.10 Å². The average Bonchev–Trinajstić information content (AvgIpc) is 3.52. The second kappa shape index (κ2) is 9.89. The monoisotopic (exact) mass is 402 g/mol. The number of hydrogen-bond donors (Lipinski definition) is 2. The first-order valence-electron chi connectivity index (χ1n) is 10.5. The minimum absolute atomic E-state index is 0.292. The maximum atomic E-state index is 6.08. The average molecular weight is 402 g/mol. The van der Waals surface area contributed by atoms with Crippen LogP contribution < -0.4 is 5.32 Å². The standard InChI is InChI=1S/C20H30N6O3/c1-2-21-20(22-13-18-23-19(25-24-18)17-6-4-12-28-17)26-9-7-15(8-10-26)29-14-16-5-3-11-27-16/h4,6,12,15-16H,2-3,5,7-11,13-14H2,1H3,(H,21,22)(H,23,24,25). The molecule has 1 unspecified atom stereocenters. The van der Waals surface area contributed by atoms with Crippen LogP contribution in [0.1, 0.15) is 38.4 Å². The van der Waals surface area contributed by atoms with Crippen molar-refractivity contribution in [2.45, 2.75) is 51.4 Å². The first-order valence-corrected chi connectivity index (χ1v) is 10.5. The highest BCUT2D eigenvalue weighted by Crippen LogP contribution is 2.18. The molecule has 0 aromatic carbocycles. The van der Waals surface area contributed by atoms with Crippen LogP contribution in [0.3, 0.4) is 0 Å². The van der Waals surface area contributed by atoms with Gasteiger partial charge in [0.15, 0.2) is 11.7 Å². The third-order valence-corrected chi connectivity index (χ3v) is 5.27. The zero-order chi connectivity index (χ0) is 19.9. The normalized spacial score (nSPS) is 21.1. The third kappa shape index (κ3) is 5.36. The van der Waals surface area contributed by atoms with Crippen LogP contribution in [0.4, 0.5) is 0 Å². The van der Waals surface area contributed by atoms with E-state index in [1.807, 2.05) is 12.1 Å². The van der Waals surface area contributed by atoms with Crippen molar-refractivity contribution in [2.75, 3.05) is 32.8 Å². The summed E-state index contributed by atoms with van der Waals surface area (Å²) in [6, 6.07) is 3.66. The Morgan fingerprint density at radius 2 is 2.28 bits per heavy atom. The van der Waals surface area contributed by atoms with Gasteiger partial charge in [0.25, 0.3) is 0 Å². The van der Waals surface area contributed by atoms with Gasteiger partial charge < -0.3 is 24.1 Å². The minimum atomic E-state index is 0.292. The highest BCUT2D eigenvalue weighted by atomic mass is 16.5. The second-order valence-corrected chi connectivity index (χ2v) is 7.41. The molecule has 4 rings (SSSR count). The van der Waals surface area contributed by atoms with E-state index in [9.17, 15) is 0 Å². The van der Waals surface area contributed by atoms with Crippen molar-refractivity contribution in [3.05, 3.63) is 24.2 Å². The third-order valence-electron chi connectivity index (χ3n) is 5.27. The molecule has 2 aromatic heterocycles. The fourth-order valence-electron chi connectivity index (χ4n) is 3.71. The predicted octanol–water partition coefficient (Wildman–Crippen LogP) is 2.19. The Kier molecular flexibility index (Phi) is 6.79. The summed E-state index contributed by atoms with van der Waals surface area (Å²) in [5.41, 5.74) is 0. The van der Waals surface area contributed by atoms with Gasteiger partial charge in [0.2, 0.25) is 5.82 Å². The van der Waals surface area contributed by atoms with E-state index >= 15 is 0 Å². The lowest BCUT2D eigenvalue weighted by Crippen LogP contribution is -2.47. The summed E-state index contributed by atoms with van der Waals surface area (Å²) < 4.78 is 17.1. The van der Waals surface area contributed by atoms with Gasteiger partial charge in [0.1, 0.15) is 12.4 Å². The largest absolute Gasteiger partial charge is 0.461 e. The van der Waals surface area contributed by atoms with Gasteiger partial charge in [0, 0.05) is 26.2 Å². The van der Waals surface area contributed by atoms with E-state index in [-0.39, 0.29) is 0 Å². The predicted molar refractivity (Wildman–Crippen MR) is 108 cm³/mol. The summed E-state index contributed by atoms with van der Waals surface area (Å²) >= 11 is 0. The number of furan rings is 1. The van der Waals surface area contributed by atoms with Crippen molar-refractivity contribution in [1.82, 2.24) is 25.4 Å². The molecule has 2 aliphatic heterocycles. The van der Waals surface area contributed by atoms with Crippen molar-refractivity contribution < 1.29 is 13.9 Å². The molecule has 0 saturated carbocycles. The Morgan fingerprint density at radius 3 is 3.00 bits per heavy atom. The molecular weight excluding hydrogens is 372 g/mol.